The fourth-order valence-corrected chi connectivity index (χ4v) is 3.53. The van der Waals surface area contributed by atoms with Gasteiger partial charge >= 0.3 is 29.6 Å². The van der Waals surface area contributed by atoms with Crippen LogP contribution in [0, 0.1) is 0 Å². The van der Waals surface area contributed by atoms with Gasteiger partial charge in [-0.15, -0.1) is 0 Å². The molecule has 0 saturated carbocycles. The number of hydrogen-bond acceptors (Lipinski definition) is 3. The van der Waals surface area contributed by atoms with Crippen LogP contribution in [0.5, 0.6) is 5.75 Å². The molecule has 2 rings (SSSR count). The molecule has 0 bridgehead atoms. The van der Waals surface area contributed by atoms with E-state index in [9.17, 15) is 13.0 Å². The van der Waals surface area contributed by atoms with E-state index in [1.807, 2.05) is 12.1 Å². The molecule has 0 saturated heterocycles. The van der Waals surface area contributed by atoms with E-state index < -0.39 is 10.1 Å². The first-order valence-corrected chi connectivity index (χ1v) is 10.1. The standard InChI is InChI=1S/C19H26O4S.Na.H/c1-2-3-4-5-6-7-10-15-23-18-13-14-19(24(20,21)22)17-12-9-8-11-16(17)18;;/h8-9,11-14H,2-7,10,15H2,1H3,(H,20,21,22);;/q;+1;-1. The van der Waals surface area contributed by atoms with Crippen LogP contribution in [0.4, 0.5) is 0 Å². The molecule has 134 valence electrons. The van der Waals surface area contributed by atoms with E-state index in [0.29, 0.717) is 23.1 Å². The molecule has 0 aromatic heterocycles. The fraction of sp³-hybridized carbons (Fsp3) is 0.474. The second-order valence-corrected chi connectivity index (χ2v) is 7.44. The molecule has 2 aromatic carbocycles. The summed E-state index contributed by atoms with van der Waals surface area (Å²) in [6, 6.07) is 10.1. The van der Waals surface area contributed by atoms with Crippen molar-refractivity contribution >= 4 is 20.9 Å². The van der Waals surface area contributed by atoms with Crippen molar-refractivity contribution in [3.05, 3.63) is 36.4 Å². The van der Waals surface area contributed by atoms with Crippen LogP contribution in [0.1, 0.15) is 53.3 Å². The third-order valence-electron chi connectivity index (χ3n) is 4.13. The second kappa shape index (κ2) is 11.2. The van der Waals surface area contributed by atoms with Crippen LogP contribution in [0.15, 0.2) is 41.3 Å². The molecule has 4 nitrogen and oxygen atoms in total. The normalized spacial score (nSPS) is 11.3. The van der Waals surface area contributed by atoms with E-state index in [4.69, 9.17) is 4.74 Å². The van der Waals surface area contributed by atoms with E-state index in [0.717, 1.165) is 12.8 Å². The number of unbranched alkanes of at least 4 members (excludes halogenated alkanes) is 6. The van der Waals surface area contributed by atoms with Gasteiger partial charge in [0, 0.05) is 10.8 Å². The van der Waals surface area contributed by atoms with Gasteiger partial charge in [0.1, 0.15) is 10.6 Å². The Hall–Kier alpha value is -0.590. The smallest absolute Gasteiger partial charge is 1.00 e. The zero-order valence-corrected chi connectivity index (χ0v) is 18.0. The first kappa shape index (κ1) is 22.5. The van der Waals surface area contributed by atoms with Gasteiger partial charge in [-0.25, -0.2) is 0 Å². The number of benzene rings is 2. The van der Waals surface area contributed by atoms with Crippen molar-refractivity contribution in [1.82, 2.24) is 0 Å². The van der Waals surface area contributed by atoms with E-state index in [2.05, 4.69) is 6.92 Å². The Morgan fingerprint density at radius 1 is 0.920 bits per heavy atom. The van der Waals surface area contributed by atoms with Gasteiger partial charge < -0.3 is 6.16 Å². The Bertz CT molecular complexity index is 765. The minimum absolute atomic E-state index is 0. The summed E-state index contributed by atoms with van der Waals surface area (Å²) >= 11 is 0. The van der Waals surface area contributed by atoms with E-state index in [1.54, 1.807) is 18.2 Å². The molecule has 0 aliphatic rings. The summed E-state index contributed by atoms with van der Waals surface area (Å²) in [6.45, 7) is 2.83. The molecule has 0 radical (unpaired) electrons. The van der Waals surface area contributed by atoms with Gasteiger partial charge in [0.25, 0.3) is 10.1 Å². The number of ether oxygens (including phenoxy) is 1. The van der Waals surface area contributed by atoms with Crippen molar-refractivity contribution < 1.29 is 48.7 Å². The number of rotatable bonds is 10. The topological polar surface area (TPSA) is 63.6 Å². The van der Waals surface area contributed by atoms with Gasteiger partial charge in [0.2, 0.25) is 0 Å². The van der Waals surface area contributed by atoms with E-state index in [-0.39, 0.29) is 35.9 Å². The Labute approximate surface area is 174 Å². The van der Waals surface area contributed by atoms with Crippen molar-refractivity contribution in [2.45, 2.75) is 56.8 Å². The molecule has 0 aliphatic heterocycles. The molecular formula is C19H27NaO4S. The van der Waals surface area contributed by atoms with Crippen LogP contribution in [-0.2, 0) is 10.1 Å². The molecule has 0 unspecified atom stereocenters. The van der Waals surface area contributed by atoms with Crippen LogP contribution in [-0.4, -0.2) is 19.6 Å². The SMILES string of the molecule is CCCCCCCCCOc1ccc(S(=O)(=O)O)c2ccccc12.[H-].[Na+]. The monoisotopic (exact) mass is 374 g/mol. The summed E-state index contributed by atoms with van der Waals surface area (Å²) in [7, 11) is -4.24. The Kier molecular flexibility index (Phi) is 10.1. The van der Waals surface area contributed by atoms with Crippen molar-refractivity contribution in [1.29, 1.82) is 0 Å². The van der Waals surface area contributed by atoms with Crippen LogP contribution >= 0.6 is 0 Å². The zero-order chi connectivity index (χ0) is 17.4. The third-order valence-corrected chi connectivity index (χ3v) is 5.04. The Balaban J connectivity index is 0.00000312. The van der Waals surface area contributed by atoms with Gasteiger partial charge in [0.05, 0.1) is 6.61 Å². The molecule has 0 aliphatic carbocycles. The maximum atomic E-state index is 11.5. The average molecular weight is 374 g/mol. The first-order valence-electron chi connectivity index (χ1n) is 8.66. The van der Waals surface area contributed by atoms with Crippen molar-refractivity contribution in [2.75, 3.05) is 6.61 Å². The summed E-state index contributed by atoms with van der Waals surface area (Å²) in [4.78, 5) is -0.0821. The van der Waals surface area contributed by atoms with Gasteiger partial charge in [-0.1, -0.05) is 69.7 Å². The van der Waals surface area contributed by atoms with Crippen LogP contribution in [0.2, 0.25) is 0 Å². The third kappa shape index (κ3) is 6.91. The van der Waals surface area contributed by atoms with Crippen LogP contribution < -0.4 is 34.3 Å². The predicted molar refractivity (Wildman–Crippen MR) is 98.4 cm³/mol. The maximum Gasteiger partial charge on any atom is 1.00 e. The Morgan fingerprint density at radius 2 is 1.52 bits per heavy atom. The molecule has 1 N–H and O–H groups in total. The summed E-state index contributed by atoms with van der Waals surface area (Å²) in [6.07, 6.45) is 8.51. The van der Waals surface area contributed by atoms with Gasteiger partial charge in [0.15, 0.2) is 0 Å². The largest absolute Gasteiger partial charge is 1.00 e. The summed E-state index contributed by atoms with van der Waals surface area (Å²) in [5, 5.41) is 1.19. The molecule has 0 atom stereocenters. The molecule has 0 heterocycles. The fourth-order valence-electron chi connectivity index (χ4n) is 2.84. The van der Waals surface area contributed by atoms with Gasteiger partial charge in [-0.2, -0.15) is 8.42 Å². The molecule has 2 aromatic rings. The first-order chi connectivity index (χ1) is 11.5. The predicted octanol–water partition coefficient (Wildman–Crippen LogP) is 2.33. The minimum atomic E-state index is -4.24. The summed E-state index contributed by atoms with van der Waals surface area (Å²) < 4.78 is 38.1. The summed E-state index contributed by atoms with van der Waals surface area (Å²) in [5.74, 6) is 0.656. The van der Waals surface area contributed by atoms with E-state index in [1.165, 1.54) is 38.2 Å². The number of hydrogen-bond donors (Lipinski definition) is 1. The van der Waals surface area contributed by atoms with Gasteiger partial charge in [-0.3, -0.25) is 4.55 Å². The zero-order valence-electron chi connectivity index (χ0n) is 16.2. The molecule has 25 heavy (non-hydrogen) atoms. The molecule has 0 amide bonds. The Morgan fingerprint density at radius 3 is 2.16 bits per heavy atom. The van der Waals surface area contributed by atoms with E-state index >= 15 is 0 Å². The minimum Gasteiger partial charge on any atom is -1.00 e. The molecule has 0 spiro atoms. The van der Waals surface area contributed by atoms with Crippen LogP contribution in [0.25, 0.3) is 10.8 Å². The second-order valence-electron chi connectivity index (χ2n) is 6.05. The molecule has 0 fully saturated rings. The molecular weight excluding hydrogens is 347 g/mol. The maximum absolute atomic E-state index is 11.5. The molecule has 6 heteroatoms. The van der Waals surface area contributed by atoms with Crippen molar-refractivity contribution in [2.24, 2.45) is 0 Å². The van der Waals surface area contributed by atoms with Gasteiger partial charge in [-0.05, 0) is 18.6 Å². The van der Waals surface area contributed by atoms with Crippen molar-refractivity contribution in [3.63, 3.8) is 0 Å². The quantitative estimate of drug-likeness (QED) is 0.394. The van der Waals surface area contributed by atoms with Crippen LogP contribution in [0.3, 0.4) is 0 Å². The number of fused-ring (bicyclic) bond motifs is 1. The van der Waals surface area contributed by atoms with Crippen molar-refractivity contribution in [3.8, 4) is 5.75 Å². The average Bonchev–Trinajstić information content (AvgIpc) is 2.56. The summed E-state index contributed by atoms with van der Waals surface area (Å²) in [5.41, 5.74) is 0.